The van der Waals surface area contributed by atoms with Gasteiger partial charge in [-0.2, -0.15) is 0 Å². The van der Waals surface area contributed by atoms with Gasteiger partial charge in [-0.1, -0.05) is 42.5 Å². The Morgan fingerprint density at radius 2 is 1.68 bits per heavy atom. The standard InChI is InChI=1S/C14H12N2O3/c17-11-15(10-12-6-2-1-3-7-12)13-8-4-5-9-14(13)16(18)19/h1-9,11H,10H2. The van der Waals surface area contributed by atoms with Crippen molar-refractivity contribution in [2.75, 3.05) is 4.90 Å². The number of nitro groups is 1. The summed E-state index contributed by atoms with van der Waals surface area (Å²) < 4.78 is 0. The third-order valence-corrected chi connectivity index (χ3v) is 2.71. The average molecular weight is 256 g/mol. The van der Waals surface area contributed by atoms with E-state index in [9.17, 15) is 14.9 Å². The predicted molar refractivity (Wildman–Crippen MR) is 71.8 cm³/mol. The summed E-state index contributed by atoms with van der Waals surface area (Å²) in [5.41, 5.74) is 1.13. The number of anilines is 1. The first-order chi connectivity index (χ1) is 9.22. The monoisotopic (exact) mass is 256 g/mol. The number of nitro benzene ring substituents is 1. The van der Waals surface area contributed by atoms with Crippen LogP contribution in [0.25, 0.3) is 0 Å². The van der Waals surface area contributed by atoms with Crippen molar-refractivity contribution < 1.29 is 9.72 Å². The van der Waals surface area contributed by atoms with E-state index in [2.05, 4.69) is 0 Å². The van der Waals surface area contributed by atoms with Crippen LogP contribution in [0.2, 0.25) is 0 Å². The van der Waals surface area contributed by atoms with Gasteiger partial charge in [-0.3, -0.25) is 14.9 Å². The van der Waals surface area contributed by atoms with Gasteiger partial charge in [-0.25, -0.2) is 0 Å². The molecule has 0 atom stereocenters. The molecule has 0 saturated carbocycles. The lowest BCUT2D eigenvalue weighted by atomic mass is 10.2. The van der Waals surface area contributed by atoms with E-state index in [1.54, 1.807) is 18.2 Å². The van der Waals surface area contributed by atoms with Crippen LogP contribution in [0.1, 0.15) is 5.56 Å². The second kappa shape index (κ2) is 5.77. The molecule has 0 heterocycles. The van der Waals surface area contributed by atoms with Crippen molar-refractivity contribution in [2.45, 2.75) is 6.54 Å². The van der Waals surface area contributed by atoms with Crippen LogP contribution < -0.4 is 4.90 Å². The summed E-state index contributed by atoms with van der Waals surface area (Å²) >= 11 is 0. The van der Waals surface area contributed by atoms with Crippen molar-refractivity contribution in [1.82, 2.24) is 0 Å². The number of carbonyl (C=O) groups excluding carboxylic acids is 1. The fourth-order valence-corrected chi connectivity index (χ4v) is 1.82. The Hall–Kier alpha value is -2.69. The van der Waals surface area contributed by atoms with E-state index in [0.29, 0.717) is 18.6 Å². The van der Waals surface area contributed by atoms with Gasteiger partial charge in [-0.05, 0) is 11.6 Å². The molecule has 5 nitrogen and oxygen atoms in total. The molecular weight excluding hydrogens is 244 g/mol. The average Bonchev–Trinajstić information content (AvgIpc) is 2.46. The van der Waals surface area contributed by atoms with Crippen LogP contribution in [0.4, 0.5) is 11.4 Å². The maximum atomic E-state index is 11.2. The lowest BCUT2D eigenvalue weighted by Gasteiger charge is -2.17. The summed E-state index contributed by atoms with van der Waals surface area (Å²) in [6.07, 6.45) is 0.606. The van der Waals surface area contributed by atoms with Gasteiger partial charge in [0.2, 0.25) is 6.41 Å². The van der Waals surface area contributed by atoms with Crippen LogP contribution in [0.5, 0.6) is 0 Å². The molecule has 2 aromatic rings. The highest BCUT2D eigenvalue weighted by Gasteiger charge is 2.18. The second-order valence-electron chi connectivity index (χ2n) is 3.96. The molecule has 0 bridgehead atoms. The van der Waals surface area contributed by atoms with Gasteiger partial charge >= 0.3 is 0 Å². The van der Waals surface area contributed by atoms with Crippen LogP contribution in [-0.4, -0.2) is 11.3 Å². The van der Waals surface area contributed by atoms with Crippen molar-refractivity contribution in [3.05, 3.63) is 70.3 Å². The third kappa shape index (κ3) is 2.95. The lowest BCUT2D eigenvalue weighted by molar-refractivity contribution is -0.384. The lowest BCUT2D eigenvalue weighted by Crippen LogP contribution is -2.21. The molecule has 0 saturated heterocycles. The van der Waals surface area contributed by atoms with Crippen molar-refractivity contribution in [2.24, 2.45) is 0 Å². The summed E-state index contributed by atoms with van der Waals surface area (Å²) in [6, 6.07) is 15.5. The first-order valence-electron chi connectivity index (χ1n) is 5.71. The topological polar surface area (TPSA) is 63.5 Å². The van der Waals surface area contributed by atoms with Crippen LogP contribution in [0.15, 0.2) is 54.6 Å². The van der Waals surface area contributed by atoms with Gasteiger partial charge < -0.3 is 4.90 Å². The van der Waals surface area contributed by atoms with Crippen molar-refractivity contribution >= 4 is 17.8 Å². The zero-order valence-corrected chi connectivity index (χ0v) is 10.1. The molecule has 0 aliphatic carbocycles. The smallest absolute Gasteiger partial charge is 0.292 e. The Bertz CT molecular complexity index is 584. The molecule has 5 heteroatoms. The van der Waals surface area contributed by atoms with Gasteiger partial charge in [0.25, 0.3) is 5.69 Å². The van der Waals surface area contributed by atoms with Crippen molar-refractivity contribution in [3.63, 3.8) is 0 Å². The fourth-order valence-electron chi connectivity index (χ4n) is 1.82. The number of nitrogens with zero attached hydrogens (tertiary/aromatic N) is 2. The molecule has 2 rings (SSSR count). The van der Waals surface area contributed by atoms with E-state index in [0.717, 1.165) is 5.56 Å². The number of amides is 1. The van der Waals surface area contributed by atoms with Crippen molar-refractivity contribution in [3.8, 4) is 0 Å². The molecule has 2 aromatic carbocycles. The minimum atomic E-state index is -0.489. The number of hydrogen-bond donors (Lipinski definition) is 0. The van der Waals surface area contributed by atoms with Gasteiger partial charge in [-0.15, -0.1) is 0 Å². The number of carbonyl (C=O) groups is 1. The molecule has 0 N–H and O–H groups in total. The van der Waals surface area contributed by atoms with Gasteiger partial charge in [0.05, 0.1) is 11.5 Å². The molecule has 0 aliphatic heterocycles. The highest BCUT2D eigenvalue weighted by Crippen LogP contribution is 2.27. The zero-order valence-electron chi connectivity index (χ0n) is 10.1. The second-order valence-corrected chi connectivity index (χ2v) is 3.96. The van der Waals surface area contributed by atoms with E-state index in [1.165, 1.54) is 11.0 Å². The number of para-hydroxylation sites is 2. The molecule has 0 spiro atoms. The molecule has 19 heavy (non-hydrogen) atoms. The summed E-state index contributed by atoms with van der Waals surface area (Å²) in [4.78, 5) is 23.0. The normalized spacial score (nSPS) is 9.89. The first kappa shape index (κ1) is 12.8. The largest absolute Gasteiger partial charge is 0.305 e. The van der Waals surface area contributed by atoms with Gasteiger partial charge in [0.1, 0.15) is 5.69 Å². The summed E-state index contributed by atoms with van der Waals surface area (Å²) in [6.45, 7) is 0.301. The number of hydrogen-bond acceptors (Lipinski definition) is 3. The molecule has 0 unspecified atom stereocenters. The molecule has 96 valence electrons. The Morgan fingerprint density at radius 3 is 2.32 bits per heavy atom. The Kier molecular flexibility index (Phi) is 3.87. The molecule has 0 aromatic heterocycles. The summed E-state index contributed by atoms with van der Waals surface area (Å²) in [5, 5.41) is 11.0. The Morgan fingerprint density at radius 1 is 1.05 bits per heavy atom. The molecule has 0 radical (unpaired) electrons. The van der Waals surface area contributed by atoms with Crippen LogP contribution in [-0.2, 0) is 11.3 Å². The Balaban J connectivity index is 2.32. The first-order valence-corrected chi connectivity index (χ1v) is 5.71. The van der Waals surface area contributed by atoms with Crippen LogP contribution in [0, 0.1) is 10.1 Å². The maximum Gasteiger partial charge on any atom is 0.292 e. The molecular formula is C14H12N2O3. The zero-order chi connectivity index (χ0) is 13.7. The molecule has 1 amide bonds. The fraction of sp³-hybridized carbons (Fsp3) is 0.0714. The molecule has 0 aliphatic rings. The van der Waals surface area contributed by atoms with E-state index < -0.39 is 4.92 Å². The van der Waals surface area contributed by atoms with E-state index in [4.69, 9.17) is 0 Å². The SMILES string of the molecule is O=CN(Cc1ccccc1)c1ccccc1[N+](=O)[O-]. The quantitative estimate of drug-likeness (QED) is 0.469. The number of rotatable bonds is 5. The number of benzene rings is 2. The van der Waals surface area contributed by atoms with Crippen LogP contribution in [0.3, 0.4) is 0 Å². The predicted octanol–water partition coefficient (Wildman–Crippen LogP) is 2.76. The third-order valence-electron chi connectivity index (χ3n) is 2.71. The van der Waals surface area contributed by atoms with E-state index in [1.807, 2.05) is 30.3 Å². The minimum Gasteiger partial charge on any atom is -0.305 e. The molecule has 0 fully saturated rings. The van der Waals surface area contributed by atoms with Gasteiger partial charge in [0.15, 0.2) is 0 Å². The van der Waals surface area contributed by atoms with Crippen LogP contribution >= 0.6 is 0 Å². The maximum absolute atomic E-state index is 11.2. The van der Waals surface area contributed by atoms with Crippen molar-refractivity contribution in [1.29, 1.82) is 0 Å². The minimum absolute atomic E-state index is 0.0782. The van der Waals surface area contributed by atoms with Gasteiger partial charge in [0, 0.05) is 6.07 Å². The Labute approximate surface area is 110 Å². The highest BCUT2D eigenvalue weighted by atomic mass is 16.6. The summed E-state index contributed by atoms with van der Waals surface area (Å²) in [5.74, 6) is 0. The van der Waals surface area contributed by atoms with E-state index in [-0.39, 0.29) is 5.69 Å². The van der Waals surface area contributed by atoms with E-state index >= 15 is 0 Å². The summed E-state index contributed by atoms with van der Waals surface area (Å²) in [7, 11) is 0. The highest BCUT2D eigenvalue weighted by molar-refractivity contribution is 5.80.